The molecule has 5 rings (SSSR count). The highest BCUT2D eigenvalue weighted by Gasteiger charge is 2.44. The van der Waals surface area contributed by atoms with Crippen molar-refractivity contribution >= 4 is 23.6 Å². The molecule has 1 saturated carbocycles. The first kappa shape index (κ1) is 20.3. The molecule has 0 aromatic heterocycles. The molecule has 0 radical (unpaired) electrons. The van der Waals surface area contributed by atoms with Crippen LogP contribution in [-0.4, -0.2) is 53.7 Å². The van der Waals surface area contributed by atoms with Gasteiger partial charge in [0, 0.05) is 25.6 Å². The molecule has 4 aliphatic rings. The van der Waals surface area contributed by atoms with Gasteiger partial charge in [-0.2, -0.15) is 0 Å². The number of benzene rings is 1. The third kappa shape index (κ3) is 3.68. The summed E-state index contributed by atoms with van der Waals surface area (Å²) in [6, 6.07) is 4.86. The van der Waals surface area contributed by atoms with E-state index in [0.29, 0.717) is 29.1 Å². The van der Waals surface area contributed by atoms with Gasteiger partial charge in [0.2, 0.25) is 11.8 Å². The maximum Gasteiger partial charge on any atom is 0.262 e. The molecule has 3 heterocycles. The third-order valence-electron chi connectivity index (χ3n) is 7.36. The number of piperidine rings is 2. The monoisotopic (exact) mass is 424 g/mol. The van der Waals surface area contributed by atoms with Crippen molar-refractivity contribution in [1.29, 1.82) is 0 Å². The van der Waals surface area contributed by atoms with E-state index in [0.717, 1.165) is 30.0 Å². The van der Waals surface area contributed by atoms with Crippen molar-refractivity contribution < 1.29 is 19.2 Å². The van der Waals surface area contributed by atoms with Crippen LogP contribution in [0.4, 0.5) is 0 Å². The average molecular weight is 425 g/mol. The molecule has 3 N–H and O–H groups in total. The van der Waals surface area contributed by atoms with E-state index in [1.54, 1.807) is 12.1 Å². The van der Waals surface area contributed by atoms with E-state index in [1.165, 1.54) is 25.7 Å². The number of rotatable bonds is 4. The fourth-order valence-corrected chi connectivity index (χ4v) is 5.69. The van der Waals surface area contributed by atoms with Gasteiger partial charge >= 0.3 is 0 Å². The van der Waals surface area contributed by atoms with Crippen molar-refractivity contribution in [3.63, 3.8) is 0 Å². The average Bonchev–Trinajstić information content (AvgIpc) is 3.26. The molecular formula is C23H28N4O4. The standard InChI is InChI=1S/C23H28N4O4/c28-19-5-4-18(20(29)26-19)27-21(30)16-3-2-14(10-17(16)22(27)31)12-25-15-6-8-23(11-15)7-1-9-24-13-23/h2-3,10,15,18,24-25H,1,4-9,11-13H2,(H,26,28,29). The van der Waals surface area contributed by atoms with Crippen LogP contribution in [0, 0.1) is 5.41 Å². The fourth-order valence-electron chi connectivity index (χ4n) is 5.69. The topological polar surface area (TPSA) is 108 Å². The van der Waals surface area contributed by atoms with E-state index in [-0.39, 0.29) is 18.7 Å². The SMILES string of the molecule is O=C1CCC(N2C(=O)c3ccc(CNC4CCC5(CCCNC5)C4)cc3C2=O)C(=O)N1. The van der Waals surface area contributed by atoms with Gasteiger partial charge in [-0.25, -0.2) is 0 Å². The van der Waals surface area contributed by atoms with Crippen molar-refractivity contribution in [2.75, 3.05) is 13.1 Å². The van der Waals surface area contributed by atoms with Crippen LogP contribution in [0.3, 0.4) is 0 Å². The predicted molar refractivity (Wildman–Crippen MR) is 112 cm³/mol. The molecule has 164 valence electrons. The second kappa shape index (κ2) is 7.84. The van der Waals surface area contributed by atoms with Crippen LogP contribution in [0.15, 0.2) is 18.2 Å². The Balaban J connectivity index is 1.25. The van der Waals surface area contributed by atoms with Gasteiger partial charge in [-0.3, -0.25) is 29.4 Å². The lowest BCUT2D eigenvalue weighted by Crippen LogP contribution is -2.54. The molecule has 1 aliphatic carbocycles. The van der Waals surface area contributed by atoms with Gasteiger partial charge in [-0.1, -0.05) is 6.07 Å². The summed E-state index contributed by atoms with van der Waals surface area (Å²) in [5.74, 6) is -1.87. The second-order valence-corrected chi connectivity index (χ2v) is 9.43. The highest BCUT2D eigenvalue weighted by Crippen LogP contribution is 2.43. The van der Waals surface area contributed by atoms with Crippen LogP contribution < -0.4 is 16.0 Å². The lowest BCUT2D eigenvalue weighted by Gasteiger charge is -2.34. The summed E-state index contributed by atoms with van der Waals surface area (Å²) in [4.78, 5) is 50.4. The first-order valence-corrected chi connectivity index (χ1v) is 11.2. The summed E-state index contributed by atoms with van der Waals surface area (Å²) >= 11 is 0. The third-order valence-corrected chi connectivity index (χ3v) is 7.36. The maximum atomic E-state index is 13.0. The van der Waals surface area contributed by atoms with Crippen LogP contribution in [0.2, 0.25) is 0 Å². The van der Waals surface area contributed by atoms with Crippen molar-refractivity contribution in [3.05, 3.63) is 34.9 Å². The smallest absolute Gasteiger partial charge is 0.262 e. The Kier molecular flexibility index (Phi) is 5.14. The Bertz CT molecular complexity index is 953. The number of carbonyl (C=O) groups excluding carboxylic acids is 4. The van der Waals surface area contributed by atoms with E-state index in [9.17, 15) is 19.2 Å². The number of nitrogens with zero attached hydrogens (tertiary/aromatic N) is 1. The Morgan fingerprint density at radius 1 is 1.06 bits per heavy atom. The van der Waals surface area contributed by atoms with E-state index in [4.69, 9.17) is 0 Å². The van der Waals surface area contributed by atoms with Gasteiger partial charge in [0.05, 0.1) is 11.1 Å². The van der Waals surface area contributed by atoms with Gasteiger partial charge in [0.1, 0.15) is 6.04 Å². The molecule has 2 saturated heterocycles. The largest absolute Gasteiger partial charge is 0.316 e. The number of fused-ring (bicyclic) bond motifs is 1. The summed E-state index contributed by atoms with van der Waals surface area (Å²) in [5, 5.41) is 9.39. The molecule has 8 nitrogen and oxygen atoms in total. The summed E-state index contributed by atoms with van der Waals surface area (Å²) in [7, 11) is 0. The maximum absolute atomic E-state index is 13.0. The zero-order chi connectivity index (χ0) is 21.6. The molecule has 1 aromatic carbocycles. The quantitative estimate of drug-likeness (QED) is 0.625. The number of amides is 4. The lowest BCUT2D eigenvalue weighted by atomic mass is 9.79. The molecular weight excluding hydrogens is 396 g/mol. The van der Waals surface area contributed by atoms with E-state index in [2.05, 4.69) is 16.0 Å². The van der Waals surface area contributed by atoms with Crippen molar-refractivity contribution in [2.45, 2.75) is 63.6 Å². The molecule has 3 atom stereocenters. The highest BCUT2D eigenvalue weighted by molar-refractivity contribution is 6.23. The number of hydrogen-bond acceptors (Lipinski definition) is 6. The lowest BCUT2D eigenvalue weighted by molar-refractivity contribution is -0.136. The summed E-state index contributed by atoms with van der Waals surface area (Å²) in [6.07, 6.45) is 6.41. The van der Waals surface area contributed by atoms with Crippen LogP contribution in [-0.2, 0) is 16.1 Å². The van der Waals surface area contributed by atoms with Gasteiger partial charge in [0.15, 0.2) is 0 Å². The first-order chi connectivity index (χ1) is 15.0. The molecule has 1 aromatic rings. The minimum absolute atomic E-state index is 0.122. The highest BCUT2D eigenvalue weighted by atomic mass is 16.2. The van der Waals surface area contributed by atoms with Crippen LogP contribution in [0.25, 0.3) is 0 Å². The van der Waals surface area contributed by atoms with Crippen LogP contribution in [0.1, 0.15) is 71.2 Å². The molecule has 3 aliphatic heterocycles. The Morgan fingerprint density at radius 2 is 1.90 bits per heavy atom. The van der Waals surface area contributed by atoms with Crippen molar-refractivity contribution in [1.82, 2.24) is 20.9 Å². The second-order valence-electron chi connectivity index (χ2n) is 9.43. The summed E-state index contributed by atoms with van der Waals surface area (Å²) in [6.45, 7) is 2.87. The number of imide groups is 2. The van der Waals surface area contributed by atoms with Gasteiger partial charge in [0.25, 0.3) is 11.8 Å². The molecule has 8 heteroatoms. The van der Waals surface area contributed by atoms with E-state index < -0.39 is 23.8 Å². The molecule has 0 bridgehead atoms. The molecule has 1 spiro atoms. The summed E-state index contributed by atoms with van der Waals surface area (Å²) < 4.78 is 0. The molecule has 3 fully saturated rings. The number of hydrogen-bond donors (Lipinski definition) is 3. The summed E-state index contributed by atoms with van der Waals surface area (Å²) in [5.41, 5.74) is 2.05. The normalized spacial score (nSPS) is 30.8. The fraction of sp³-hybridized carbons (Fsp3) is 0.565. The molecule has 31 heavy (non-hydrogen) atoms. The first-order valence-electron chi connectivity index (χ1n) is 11.2. The van der Waals surface area contributed by atoms with Gasteiger partial charge < -0.3 is 10.6 Å². The minimum Gasteiger partial charge on any atom is -0.316 e. The predicted octanol–water partition coefficient (Wildman–Crippen LogP) is 1.10. The Hall–Kier alpha value is -2.58. The van der Waals surface area contributed by atoms with Crippen LogP contribution >= 0.6 is 0 Å². The molecule has 3 unspecified atom stereocenters. The van der Waals surface area contributed by atoms with Crippen molar-refractivity contribution in [3.8, 4) is 0 Å². The minimum atomic E-state index is -0.926. The van der Waals surface area contributed by atoms with E-state index in [1.807, 2.05) is 6.07 Å². The number of carbonyl (C=O) groups is 4. The molecule has 4 amide bonds. The van der Waals surface area contributed by atoms with Gasteiger partial charge in [-0.05, 0) is 68.2 Å². The zero-order valence-corrected chi connectivity index (χ0v) is 17.5. The Morgan fingerprint density at radius 3 is 2.68 bits per heavy atom. The number of nitrogens with one attached hydrogen (secondary N) is 3. The zero-order valence-electron chi connectivity index (χ0n) is 17.5. The van der Waals surface area contributed by atoms with E-state index >= 15 is 0 Å². The van der Waals surface area contributed by atoms with Crippen LogP contribution in [0.5, 0.6) is 0 Å². The van der Waals surface area contributed by atoms with Crippen molar-refractivity contribution in [2.24, 2.45) is 5.41 Å². The van der Waals surface area contributed by atoms with Gasteiger partial charge in [-0.15, -0.1) is 0 Å². The Labute approximate surface area is 181 Å².